The number of oxime groups is 1. The van der Waals surface area contributed by atoms with Gasteiger partial charge in [-0.25, -0.2) is 0 Å². The summed E-state index contributed by atoms with van der Waals surface area (Å²) in [5.74, 6) is 0. The van der Waals surface area contributed by atoms with E-state index < -0.39 is 18.2 Å². The van der Waals surface area contributed by atoms with Gasteiger partial charge in [0.1, 0.15) is 0 Å². The van der Waals surface area contributed by atoms with E-state index in [1.54, 1.807) is 25.1 Å². The van der Waals surface area contributed by atoms with Crippen LogP contribution in [0.25, 0.3) is 0 Å². The molecule has 0 aromatic heterocycles. The number of hydrogen-bond donors (Lipinski definition) is 1. The summed E-state index contributed by atoms with van der Waals surface area (Å²) in [6.45, 7) is 1.77. The fourth-order valence-electron chi connectivity index (χ4n) is 2.70. The molecular weight excluding hydrogens is 376 g/mol. The Labute approximate surface area is 152 Å². The van der Waals surface area contributed by atoms with Gasteiger partial charge in [0.2, 0.25) is 0 Å². The van der Waals surface area contributed by atoms with Crippen LogP contribution in [-0.2, 0) is 10.4 Å². The van der Waals surface area contributed by atoms with Crippen LogP contribution in [0.1, 0.15) is 23.1 Å². The van der Waals surface area contributed by atoms with Crippen LogP contribution in [0.4, 0.5) is 18.9 Å². The lowest BCUT2D eigenvalue weighted by molar-refractivity contribution is -0.275. The van der Waals surface area contributed by atoms with Crippen LogP contribution in [0.2, 0.25) is 10.0 Å². The zero-order valence-corrected chi connectivity index (χ0v) is 14.5. The molecule has 2 aromatic rings. The van der Waals surface area contributed by atoms with Crippen LogP contribution in [0.15, 0.2) is 41.6 Å². The van der Waals surface area contributed by atoms with E-state index in [0.29, 0.717) is 11.3 Å². The lowest BCUT2D eigenvalue weighted by atomic mass is 9.86. The minimum Gasteiger partial charge on any atom is -0.399 e. The minimum atomic E-state index is -4.71. The van der Waals surface area contributed by atoms with Crippen molar-refractivity contribution in [1.82, 2.24) is 0 Å². The van der Waals surface area contributed by atoms with Crippen molar-refractivity contribution in [3.05, 3.63) is 63.1 Å². The third kappa shape index (κ3) is 3.16. The fourth-order valence-corrected chi connectivity index (χ4v) is 3.23. The number of hydrogen-bond acceptors (Lipinski definition) is 3. The molecule has 2 N–H and O–H groups in total. The SMILES string of the molecule is Cc1cc(C2=NOC(c3cc(Cl)cc(Cl)c3)(C(F)(F)F)C2)ccc1N. The number of aryl methyl sites for hydroxylation is 1. The first kappa shape index (κ1) is 17.9. The van der Waals surface area contributed by atoms with E-state index in [0.717, 1.165) is 5.56 Å². The molecule has 1 heterocycles. The molecule has 0 saturated heterocycles. The van der Waals surface area contributed by atoms with Gasteiger partial charge in [0.05, 0.1) is 5.71 Å². The van der Waals surface area contributed by atoms with Gasteiger partial charge in [-0.2, -0.15) is 13.2 Å². The second-order valence-electron chi connectivity index (χ2n) is 5.86. The number of nitrogen functional groups attached to an aromatic ring is 1. The van der Waals surface area contributed by atoms with Crippen molar-refractivity contribution in [2.45, 2.75) is 25.1 Å². The van der Waals surface area contributed by atoms with Crippen LogP contribution in [0.3, 0.4) is 0 Å². The third-order valence-corrected chi connectivity index (χ3v) is 4.55. The molecule has 132 valence electrons. The topological polar surface area (TPSA) is 47.6 Å². The van der Waals surface area contributed by atoms with Crippen LogP contribution < -0.4 is 5.73 Å². The Morgan fingerprint density at radius 3 is 2.32 bits per heavy atom. The standard InChI is InChI=1S/C17H13Cl2F3N2O/c1-9-4-10(2-3-14(9)23)15-8-16(25-24-15,17(20,21)22)11-5-12(18)7-13(19)6-11/h2-7H,8,23H2,1H3. The molecule has 0 saturated carbocycles. The second kappa shape index (κ2) is 6.11. The Kier molecular flexibility index (Phi) is 4.37. The highest BCUT2D eigenvalue weighted by Gasteiger charge is 2.62. The first-order valence-corrected chi connectivity index (χ1v) is 8.03. The Morgan fingerprint density at radius 1 is 1.12 bits per heavy atom. The van der Waals surface area contributed by atoms with E-state index in [1.165, 1.54) is 18.2 Å². The molecule has 1 atom stereocenters. The van der Waals surface area contributed by atoms with Crippen molar-refractivity contribution in [2.24, 2.45) is 5.16 Å². The van der Waals surface area contributed by atoms with Crippen LogP contribution in [0, 0.1) is 6.92 Å². The van der Waals surface area contributed by atoms with Gasteiger partial charge in [0.25, 0.3) is 5.60 Å². The fraction of sp³-hybridized carbons (Fsp3) is 0.235. The maximum atomic E-state index is 13.9. The number of anilines is 1. The first-order valence-electron chi connectivity index (χ1n) is 7.27. The van der Waals surface area contributed by atoms with Crippen molar-refractivity contribution in [3.8, 4) is 0 Å². The maximum absolute atomic E-state index is 13.9. The van der Waals surface area contributed by atoms with Gasteiger partial charge in [0, 0.05) is 27.7 Å². The average Bonchev–Trinajstić information content (AvgIpc) is 2.95. The lowest BCUT2D eigenvalue weighted by Crippen LogP contribution is -2.42. The highest BCUT2D eigenvalue weighted by atomic mass is 35.5. The van der Waals surface area contributed by atoms with Gasteiger partial charge in [-0.1, -0.05) is 34.4 Å². The summed E-state index contributed by atoms with van der Waals surface area (Å²) < 4.78 is 41.7. The highest BCUT2D eigenvalue weighted by molar-refractivity contribution is 6.34. The molecule has 0 aliphatic carbocycles. The van der Waals surface area contributed by atoms with Crippen molar-refractivity contribution in [3.63, 3.8) is 0 Å². The van der Waals surface area contributed by atoms with Gasteiger partial charge >= 0.3 is 6.18 Å². The summed E-state index contributed by atoms with van der Waals surface area (Å²) in [6, 6.07) is 8.64. The Morgan fingerprint density at radius 2 is 1.76 bits per heavy atom. The number of halogens is 5. The van der Waals surface area contributed by atoms with Gasteiger partial charge < -0.3 is 10.6 Å². The number of nitrogens with two attached hydrogens (primary N) is 1. The maximum Gasteiger partial charge on any atom is 0.435 e. The zero-order chi connectivity index (χ0) is 18.4. The summed E-state index contributed by atoms with van der Waals surface area (Å²) in [4.78, 5) is 4.95. The van der Waals surface area contributed by atoms with Gasteiger partial charge in [-0.05, 0) is 48.4 Å². The molecule has 2 aromatic carbocycles. The molecule has 3 nitrogen and oxygen atoms in total. The molecule has 0 amide bonds. The molecule has 1 aliphatic rings. The molecule has 3 rings (SSSR count). The van der Waals surface area contributed by atoms with E-state index in [2.05, 4.69) is 5.16 Å². The molecule has 1 unspecified atom stereocenters. The molecule has 1 aliphatic heterocycles. The Bertz CT molecular complexity index is 847. The number of benzene rings is 2. The smallest absolute Gasteiger partial charge is 0.399 e. The van der Waals surface area contributed by atoms with Crippen molar-refractivity contribution in [1.29, 1.82) is 0 Å². The summed E-state index contributed by atoms with van der Waals surface area (Å²) in [5.41, 5.74) is 4.92. The van der Waals surface area contributed by atoms with Crippen molar-refractivity contribution < 1.29 is 18.0 Å². The van der Waals surface area contributed by atoms with E-state index in [9.17, 15) is 13.2 Å². The van der Waals surface area contributed by atoms with Gasteiger partial charge in [-0.15, -0.1) is 0 Å². The van der Waals surface area contributed by atoms with Crippen molar-refractivity contribution >= 4 is 34.6 Å². The van der Waals surface area contributed by atoms with Gasteiger partial charge in [0.15, 0.2) is 0 Å². The third-order valence-electron chi connectivity index (χ3n) is 4.12. The van der Waals surface area contributed by atoms with E-state index in [4.69, 9.17) is 33.8 Å². The first-order chi connectivity index (χ1) is 11.6. The van der Waals surface area contributed by atoms with E-state index in [-0.39, 0.29) is 21.3 Å². The zero-order valence-electron chi connectivity index (χ0n) is 13.0. The molecule has 0 radical (unpaired) electrons. The predicted molar refractivity (Wildman–Crippen MR) is 92.0 cm³/mol. The Balaban J connectivity index is 2.04. The molecule has 0 bridgehead atoms. The van der Waals surface area contributed by atoms with Crippen molar-refractivity contribution in [2.75, 3.05) is 5.73 Å². The summed E-state index contributed by atoms with van der Waals surface area (Å²) in [6.07, 6.45) is -5.20. The van der Waals surface area contributed by atoms with Crippen LogP contribution in [0.5, 0.6) is 0 Å². The minimum absolute atomic E-state index is 0.0894. The van der Waals surface area contributed by atoms with Gasteiger partial charge in [-0.3, -0.25) is 0 Å². The average molecular weight is 389 g/mol. The number of alkyl halides is 3. The normalized spacial score (nSPS) is 20.3. The monoisotopic (exact) mass is 388 g/mol. The highest BCUT2D eigenvalue weighted by Crippen LogP contribution is 2.49. The second-order valence-corrected chi connectivity index (χ2v) is 6.73. The summed E-state index contributed by atoms with van der Waals surface area (Å²) in [5, 5.41) is 3.88. The molecule has 0 fully saturated rings. The summed E-state index contributed by atoms with van der Waals surface area (Å²) in [7, 11) is 0. The number of nitrogens with zero attached hydrogens (tertiary/aromatic N) is 1. The Hall–Kier alpha value is -1.92. The largest absolute Gasteiger partial charge is 0.435 e. The van der Waals surface area contributed by atoms with Crippen LogP contribution in [-0.4, -0.2) is 11.9 Å². The lowest BCUT2D eigenvalue weighted by Gasteiger charge is -2.29. The predicted octanol–water partition coefficient (Wildman–Crippen LogP) is 5.47. The van der Waals surface area contributed by atoms with E-state index >= 15 is 0 Å². The van der Waals surface area contributed by atoms with E-state index in [1.807, 2.05) is 0 Å². The molecule has 25 heavy (non-hydrogen) atoms. The summed E-state index contributed by atoms with van der Waals surface area (Å²) >= 11 is 11.7. The molecular formula is C17H13Cl2F3N2O. The molecule has 0 spiro atoms. The van der Waals surface area contributed by atoms with Crippen LogP contribution >= 0.6 is 23.2 Å². The quantitative estimate of drug-likeness (QED) is 0.693. The number of rotatable bonds is 2. The molecule has 8 heteroatoms.